The normalized spacial score (nSPS) is 16.7. The molecule has 2 aromatic rings. The number of amides is 3. The van der Waals surface area contributed by atoms with Crippen molar-refractivity contribution >= 4 is 57.5 Å². The van der Waals surface area contributed by atoms with Crippen LogP contribution in [0.1, 0.15) is 23.6 Å². The molecule has 2 fully saturated rings. The highest BCUT2D eigenvalue weighted by Crippen LogP contribution is 2.38. The third-order valence-electron chi connectivity index (χ3n) is 5.67. The molecule has 37 heavy (non-hydrogen) atoms. The first-order chi connectivity index (χ1) is 17.9. The molecule has 2 aliphatic rings. The van der Waals surface area contributed by atoms with Crippen molar-refractivity contribution in [3.63, 3.8) is 0 Å². The molecule has 0 spiro atoms. The van der Waals surface area contributed by atoms with E-state index in [0.29, 0.717) is 55.5 Å². The number of imide groups is 1. The van der Waals surface area contributed by atoms with Gasteiger partial charge in [0, 0.05) is 18.7 Å². The van der Waals surface area contributed by atoms with Gasteiger partial charge in [0.25, 0.3) is 11.1 Å². The van der Waals surface area contributed by atoms with E-state index in [2.05, 4.69) is 28.7 Å². The smallest absolute Gasteiger partial charge is 0.294 e. The Morgan fingerprint density at radius 3 is 2.70 bits per heavy atom. The monoisotopic (exact) mass is 633 g/mol. The molecule has 0 atom stereocenters. The van der Waals surface area contributed by atoms with Crippen molar-refractivity contribution in [2.75, 3.05) is 39.5 Å². The summed E-state index contributed by atoms with van der Waals surface area (Å²) in [5.41, 5.74) is 1.95. The fraction of sp³-hybridized carbons (Fsp3) is 0.308. The SMILES string of the molecule is CCOc1cc(/C=C2/SC(=O)N(CC(=O)N3CCOCC3)C2=O)cc(I)c1OCc1ccccc1C#N. The molecule has 4 rings (SSSR count). The van der Waals surface area contributed by atoms with E-state index >= 15 is 0 Å². The first kappa shape index (κ1) is 27.0. The molecule has 2 heterocycles. The number of nitriles is 1. The number of morpholine rings is 1. The third-order valence-corrected chi connectivity index (χ3v) is 7.38. The van der Waals surface area contributed by atoms with Crippen LogP contribution in [0.3, 0.4) is 0 Å². The number of hydrogen-bond acceptors (Lipinski definition) is 8. The second-order valence-corrected chi connectivity index (χ2v) is 10.2. The predicted molar refractivity (Wildman–Crippen MR) is 146 cm³/mol. The van der Waals surface area contributed by atoms with Gasteiger partial charge < -0.3 is 19.1 Å². The molecule has 0 bridgehead atoms. The lowest BCUT2D eigenvalue weighted by Gasteiger charge is -2.28. The summed E-state index contributed by atoms with van der Waals surface area (Å²) >= 11 is 2.93. The van der Waals surface area contributed by atoms with Gasteiger partial charge in [-0.25, -0.2) is 0 Å². The number of carbonyl (C=O) groups is 3. The van der Waals surface area contributed by atoms with Gasteiger partial charge in [-0.1, -0.05) is 18.2 Å². The Morgan fingerprint density at radius 2 is 1.97 bits per heavy atom. The molecule has 0 aliphatic carbocycles. The molecule has 0 aromatic heterocycles. The summed E-state index contributed by atoms with van der Waals surface area (Å²) in [5, 5.41) is 8.86. The molecule has 192 valence electrons. The topological polar surface area (TPSA) is 109 Å². The van der Waals surface area contributed by atoms with Crippen LogP contribution in [-0.4, -0.2) is 66.3 Å². The summed E-state index contributed by atoms with van der Waals surface area (Å²) in [6, 6.07) is 12.9. The summed E-state index contributed by atoms with van der Waals surface area (Å²) in [7, 11) is 0. The van der Waals surface area contributed by atoms with Crippen LogP contribution in [-0.2, 0) is 20.9 Å². The highest BCUT2D eigenvalue weighted by Gasteiger charge is 2.37. The molecule has 2 saturated heterocycles. The van der Waals surface area contributed by atoms with Crippen LogP contribution in [0.5, 0.6) is 11.5 Å². The summed E-state index contributed by atoms with van der Waals surface area (Å²) in [6.45, 7) is 3.92. The number of hydrogen-bond donors (Lipinski definition) is 0. The van der Waals surface area contributed by atoms with Gasteiger partial charge >= 0.3 is 0 Å². The Morgan fingerprint density at radius 1 is 1.22 bits per heavy atom. The zero-order chi connectivity index (χ0) is 26.4. The molecule has 9 nitrogen and oxygen atoms in total. The highest BCUT2D eigenvalue weighted by atomic mass is 127. The Balaban J connectivity index is 1.52. The standard InChI is InChI=1S/C26H24IN3O6S/c1-2-35-21-12-17(11-20(27)24(21)36-16-19-6-4-3-5-18(19)14-28)13-22-25(32)30(26(33)37-22)15-23(31)29-7-9-34-10-8-29/h3-6,11-13H,2,7-10,15-16H2,1H3/b22-13+. The minimum Gasteiger partial charge on any atom is -0.490 e. The van der Waals surface area contributed by atoms with Crippen LogP contribution >= 0.6 is 34.4 Å². The molecule has 0 unspecified atom stereocenters. The van der Waals surface area contributed by atoms with Crippen molar-refractivity contribution in [2.24, 2.45) is 0 Å². The lowest BCUT2D eigenvalue weighted by Crippen LogP contribution is -2.46. The Hall–Kier alpha value is -3.08. The molecule has 0 radical (unpaired) electrons. The van der Waals surface area contributed by atoms with E-state index in [-0.39, 0.29) is 24.0 Å². The second kappa shape index (κ2) is 12.4. The molecular weight excluding hydrogens is 609 g/mol. The minimum atomic E-state index is -0.502. The van der Waals surface area contributed by atoms with Gasteiger partial charge in [-0.15, -0.1) is 0 Å². The minimum absolute atomic E-state index is 0.190. The van der Waals surface area contributed by atoms with Crippen molar-refractivity contribution < 1.29 is 28.6 Å². The molecular formula is C26H24IN3O6S. The Bertz CT molecular complexity index is 1290. The van der Waals surface area contributed by atoms with Crippen LogP contribution in [0.4, 0.5) is 4.79 Å². The number of halogens is 1. The fourth-order valence-electron chi connectivity index (χ4n) is 3.82. The third kappa shape index (κ3) is 6.44. The van der Waals surface area contributed by atoms with Crippen LogP contribution in [0.2, 0.25) is 0 Å². The van der Waals surface area contributed by atoms with E-state index in [1.165, 1.54) is 0 Å². The number of benzene rings is 2. The van der Waals surface area contributed by atoms with Crippen molar-refractivity contribution in [1.82, 2.24) is 9.80 Å². The molecule has 0 saturated carbocycles. The molecule has 0 N–H and O–H groups in total. The van der Waals surface area contributed by atoms with Gasteiger partial charge in [-0.05, 0) is 71.1 Å². The summed E-state index contributed by atoms with van der Waals surface area (Å²) < 4.78 is 17.8. The maximum atomic E-state index is 13.0. The summed E-state index contributed by atoms with van der Waals surface area (Å²) in [5.74, 6) is 0.228. The first-order valence-corrected chi connectivity index (χ1v) is 13.5. The van der Waals surface area contributed by atoms with E-state index < -0.39 is 11.1 Å². The van der Waals surface area contributed by atoms with Crippen molar-refractivity contribution in [3.8, 4) is 17.6 Å². The highest BCUT2D eigenvalue weighted by molar-refractivity contribution is 14.1. The molecule has 2 aromatic carbocycles. The van der Waals surface area contributed by atoms with Gasteiger partial charge in [-0.2, -0.15) is 5.26 Å². The maximum absolute atomic E-state index is 13.0. The largest absolute Gasteiger partial charge is 0.490 e. The average Bonchev–Trinajstić information content (AvgIpc) is 3.16. The summed E-state index contributed by atoms with van der Waals surface area (Å²) in [6.07, 6.45) is 1.61. The average molecular weight is 633 g/mol. The summed E-state index contributed by atoms with van der Waals surface area (Å²) in [4.78, 5) is 40.9. The van der Waals surface area contributed by atoms with Crippen LogP contribution in [0, 0.1) is 14.9 Å². The molecule has 2 aliphatic heterocycles. The van der Waals surface area contributed by atoms with E-state index in [0.717, 1.165) is 25.8 Å². The van der Waals surface area contributed by atoms with Gasteiger partial charge in [0.05, 0.1) is 39.9 Å². The van der Waals surface area contributed by atoms with E-state index in [9.17, 15) is 19.6 Å². The van der Waals surface area contributed by atoms with Crippen molar-refractivity contribution in [1.29, 1.82) is 5.26 Å². The number of nitrogens with zero attached hydrogens (tertiary/aromatic N) is 3. The quantitative estimate of drug-likeness (QED) is 0.317. The van der Waals surface area contributed by atoms with Gasteiger partial charge in [0.15, 0.2) is 11.5 Å². The van der Waals surface area contributed by atoms with Gasteiger partial charge in [0.2, 0.25) is 5.91 Å². The second-order valence-electron chi connectivity index (χ2n) is 8.08. The van der Waals surface area contributed by atoms with Gasteiger partial charge in [-0.3, -0.25) is 19.3 Å². The van der Waals surface area contributed by atoms with E-state index in [4.69, 9.17) is 14.2 Å². The molecule has 11 heteroatoms. The van der Waals surface area contributed by atoms with E-state index in [1.807, 2.05) is 25.1 Å². The lowest BCUT2D eigenvalue weighted by atomic mass is 10.1. The van der Waals surface area contributed by atoms with Crippen LogP contribution < -0.4 is 9.47 Å². The number of rotatable bonds is 8. The first-order valence-electron chi connectivity index (χ1n) is 11.6. The van der Waals surface area contributed by atoms with Gasteiger partial charge in [0.1, 0.15) is 13.2 Å². The Labute approximate surface area is 232 Å². The zero-order valence-electron chi connectivity index (χ0n) is 20.1. The fourth-order valence-corrected chi connectivity index (χ4v) is 5.43. The van der Waals surface area contributed by atoms with Crippen molar-refractivity contribution in [2.45, 2.75) is 13.5 Å². The lowest BCUT2D eigenvalue weighted by molar-refractivity contribution is -0.139. The zero-order valence-corrected chi connectivity index (χ0v) is 23.0. The van der Waals surface area contributed by atoms with Crippen molar-refractivity contribution in [3.05, 3.63) is 61.6 Å². The van der Waals surface area contributed by atoms with Crippen LogP contribution in [0.15, 0.2) is 41.3 Å². The Kier molecular flexibility index (Phi) is 9.07. The number of ether oxygens (including phenoxy) is 3. The number of thioether (sulfide) groups is 1. The predicted octanol–water partition coefficient (Wildman–Crippen LogP) is 4.04. The van der Waals surface area contributed by atoms with E-state index in [1.54, 1.807) is 29.2 Å². The number of carbonyl (C=O) groups excluding carboxylic acids is 3. The maximum Gasteiger partial charge on any atom is 0.294 e. The molecule has 3 amide bonds. The van der Waals surface area contributed by atoms with Crippen LogP contribution in [0.25, 0.3) is 6.08 Å².